The third-order valence-corrected chi connectivity index (χ3v) is 2.62. The normalized spacial score (nSPS) is 9.57. The highest BCUT2D eigenvalue weighted by Gasteiger charge is 2.21. The van der Waals surface area contributed by atoms with Crippen molar-refractivity contribution in [2.24, 2.45) is 0 Å². The first kappa shape index (κ1) is 16.5. The number of carbonyl (C=O) groups is 2. The first-order chi connectivity index (χ1) is 10.1. The zero-order valence-electron chi connectivity index (χ0n) is 12.2. The number of anilines is 1. The summed E-state index contributed by atoms with van der Waals surface area (Å²) in [5.41, 5.74) is 0.467. The van der Waals surface area contributed by atoms with Crippen LogP contribution >= 0.6 is 0 Å². The van der Waals surface area contributed by atoms with Crippen LogP contribution in [0.4, 0.5) is 5.69 Å². The summed E-state index contributed by atoms with van der Waals surface area (Å²) in [6.07, 6.45) is 3.12. The lowest BCUT2D eigenvalue weighted by molar-refractivity contribution is -0.142. The van der Waals surface area contributed by atoms with E-state index in [0.717, 1.165) is 0 Å². The molecule has 1 aromatic rings. The van der Waals surface area contributed by atoms with Gasteiger partial charge in [-0.05, 0) is 19.1 Å². The fourth-order valence-corrected chi connectivity index (χ4v) is 1.72. The van der Waals surface area contributed by atoms with Crippen LogP contribution in [0.15, 0.2) is 49.6 Å². The number of ether oxygens (including phenoxy) is 1. The SMILES string of the molecule is C=CCN(CC=C)C(=O)C(=O)Nc1ccccc1OCC. The molecule has 0 radical (unpaired) electrons. The first-order valence-electron chi connectivity index (χ1n) is 6.67. The fourth-order valence-electron chi connectivity index (χ4n) is 1.72. The van der Waals surface area contributed by atoms with Gasteiger partial charge in [-0.3, -0.25) is 9.59 Å². The molecular weight excluding hydrogens is 268 g/mol. The van der Waals surface area contributed by atoms with E-state index in [1.54, 1.807) is 36.4 Å². The quantitative estimate of drug-likeness (QED) is 0.618. The number of hydrogen-bond donors (Lipinski definition) is 1. The van der Waals surface area contributed by atoms with E-state index in [1.165, 1.54) is 4.90 Å². The monoisotopic (exact) mass is 288 g/mol. The molecule has 0 aliphatic heterocycles. The molecule has 2 amide bonds. The maximum Gasteiger partial charge on any atom is 0.314 e. The number of para-hydroxylation sites is 2. The zero-order chi connectivity index (χ0) is 15.7. The third-order valence-electron chi connectivity index (χ3n) is 2.62. The summed E-state index contributed by atoms with van der Waals surface area (Å²) in [5, 5.41) is 2.57. The van der Waals surface area contributed by atoms with Crippen molar-refractivity contribution in [1.29, 1.82) is 0 Å². The molecule has 1 aromatic carbocycles. The number of nitrogens with one attached hydrogen (secondary N) is 1. The molecule has 0 atom stereocenters. The van der Waals surface area contributed by atoms with Crippen LogP contribution in [0.5, 0.6) is 5.75 Å². The summed E-state index contributed by atoms with van der Waals surface area (Å²) in [7, 11) is 0. The summed E-state index contributed by atoms with van der Waals surface area (Å²) in [4.78, 5) is 25.5. The van der Waals surface area contributed by atoms with E-state index in [0.29, 0.717) is 18.0 Å². The van der Waals surface area contributed by atoms with Crippen molar-refractivity contribution < 1.29 is 14.3 Å². The molecule has 112 valence electrons. The molecule has 0 spiro atoms. The van der Waals surface area contributed by atoms with Crippen LogP contribution in [0.2, 0.25) is 0 Å². The summed E-state index contributed by atoms with van der Waals surface area (Å²) >= 11 is 0. The van der Waals surface area contributed by atoms with Gasteiger partial charge in [0, 0.05) is 13.1 Å². The fraction of sp³-hybridized carbons (Fsp3) is 0.250. The predicted molar refractivity (Wildman–Crippen MR) is 83.2 cm³/mol. The Balaban J connectivity index is 2.82. The molecule has 5 heteroatoms. The van der Waals surface area contributed by atoms with Crippen LogP contribution in [0, 0.1) is 0 Å². The lowest BCUT2D eigenvalue weighted by Crippen LogP contribution is -2.39. The highest BCUT2D eigenvalue weighted by atomic mass is 16.5. The molecule has 0 aliphatic rings. The van der Waals surface area contributed by atoms with Gasteiger partial charge in [0.05, 0.1) is 12.3 Å². The molecule has 0 heterocycles. The van der Waals surface area contributed by atoms with E-state index in [2.05, 4.69) is 18.5 Å². The molecule has 5 nitrogen and oxygen atoms in total. The molecular formula is C16H20N2O3. The molecule has 0 bridgehead atoms. The van der Waals surface area contributed by atoms with Crippen LogP contribution in [0.25, 0.3) is 0 Å². The van der Waals surface area contributed by atoms with Crippen molar-refractivity contribution in [3.05, 3.63) is 49.6 Å². The van der Waals surface area contributed by atoms with Crippen molar-refractivity contribution in [1.82, 2.24) is 4.90 Å². The van der Waals surface area contributed by atoms with Crippen molar-refractivity contribution >= 4 is 17.5 Å². The maximum absolute atomic E-state index is 12.1. The van der Waals surface area contributed by atoms with Gasteiger partial charge in [-0.2, -0.15) is 0 Å². The Kier molecular flexibility index (Phi) is 6.74. The number of carbonyl (C=O) groups excluding carboxylic acids is 2. The highest BCUT2D eigenvalue weighted by Crippen LogP contribution is 2.23. The Morgan fingerprint density at radius 1 is 1.24 bits per heavy atom. The molecule has 1 N–H and O–H groups in total. The van der Waals surface area contributed by atoms with E-state index in [-0.39, 0.29) is 13.1 Å². The van der Waals surface area contributed by atoms with Crippen LogP contribution in [-0.4, -0.2) is 36.4 Å². The lowest BCUT2D eigenvalue weighted by Gasteiger charge is -2.19. The molecule has 0 fully saturated rings. The van der Waals surface area contributed by atoms with Crippen molar-refractivity contribution in [2.75, 3.05) is 25.0 Å². The van der Waals surface area contributed by atoms with Gasteiger partial charge in [0.2, 0.25) is 0 Å². The molecule has 0 aliphatic carbocycles. The van der Waals surface area contributed by atoms with Gasteiger partial charge in [-0.1, -0.05) is 24.3 Å². The van der Waals surface area contributed by atoms with E-state index in [9.17, 15) is 9.59 Å². The van der Waals surface area contributed by atoms with E-state index in [4.69, 9.17) is 4.74 Å². The topological polar surface area (TPSA) is 58.6 Å². The number of nitrogens with zero attached hydrogens (tertiary/aromatic N) is 1. The number of benzene rings is 1. The Morgan fingerprint density at radius 3 is 2.43 bits per heavy atom. The summed E-state index contributed by atoms with van der Waals surface area (Å²) in [5.74, 6) is -0.827. The average molecular weight is 288 g/mol. The minimum Gasteiger partial charge on any atom is -0.492 e. The summed E-state index contributed by atoms with van der Waals surface area (Å²) in [6, 6.07) is 6.97. The summed E-state index contributed by atoms with van der Waals surface area (Å²) in [6.45, 7) is 10.0. The van der Waals surface area contributed by atoms with Crippen LogP contribution < -0.4 is 10.1 Å². The van der Waals surface area contributed by atoms with Gasteiger partial charge in [0.1, 0.15) is 5.75 Å². The Labute approximate surface area is 124 Å². The number of hydrogen-bond acceptors (Lipinski definition) is 3. The lowest BCUT2D eigenvalue weighted by atomic mass is 10.3. The smallest absolute Gasteiger partial charge is 0.314 e. The van der Waals surface area contributed by atoms with Crippen molar-refractivity contribution in [3.8, 4) is 5.75 Å². The zero-order valence-corrected chi connectivity index (χ0v) is 12.2. The Morgan fingerprint density at radius 2 is 1.86 bits per heavy atom. The average Bonchev–Trinajstić information content (AvgIpc) is 2.48. The van der Waals surface area contributed by atoms with Gasteiger partial charge < -0.3 is 15.0 Å². The maximum atomic E-state index is 12.1. The Hall–Kier alpha value is -2.56. The standard InChI is InChI=1S/C16H20N2O3/c1-4-11-18(12-5-2)16(20)15(19)17-13-9-7-8-10-14(13)21-6-3/h4-5,7-10H,1-2,6,11-12H2,3H3,(H,17,19). The van der Waals surface area contributed by atoms with Gasteiger partial charge in [-0.25, -0.2) is 0 Å². The second kappa shape index (κ2) is 8.58. The van der Waals surface area contributed by atoms with E-state index in [1.807, 2.05) is 6.92 Å². The molecule has 0 aromatic heterocycles. The molecule has 0 saturated heterocycles. The van der Waals surface area contributed by atoms with Gasteiger partial charge in [0.15, 0.2) is 0 Å². The molecule has 1 rings (SSSR count). The molecule has 21 heavy (non-hydrogen) atoms. The minimum absolute atomic E-state index is 0.283. The van der Waals surface area contributed by atoms with Gasteiger partial charge >= 0.3 is 11.8 Å². The molecule has 0 unspecified atom stereocenters. The van der Waals surface area contributed by atoms with Gasteiger partial charge in [0.25, 0.3) is 0 Å². The van der Waals surface area contributed by atoms with E-state index >= 15 is 0 Å². The summed E-state index contributed by atoms with van der Waals surface area (Å²) < 4.78 is 5.40. The second-order valence-corrected chi connectivity index (χ2v) is 4.17. The van der Waals surface area contributed by atoms with Gasteiger partial charge in [-0.15, -0.1) is 13.2 Å². The van der Waals surface area contributed by atoms with Crippen LogP contribution in [0.1, 0.15) is 6.92 Å². The second-order valence-electron chi connectivity index (χ2n) is 4.17. The van der Waals surface area contributed by atoms with Crippen molar-refractivity contribution in [3.63, 3.8) is 0 Å². The van der Waals surface area contributed by atoms with E-state index < -0.39 is 11.8 Å². The van der Waals surface area contributed by atoms with Crippen LogP contribution in [-0.2, 0) is 9.59 Å². The first-order valence-corrected chi connectivity index (χ1v) is 6.67. The Bertz CT molecular complexity index is 516. The highest BCUT2D eigenvalue weighted by molar-refractivity contribution is 6.39. The van der Waals surface area contributed by atoms with Crippen LogP contribution in [0.3, 0.4) is 0 Å². The largest absolute Gasteiger partial charge is 0.492 e. The number of amides is 2. The van der Waals surface area contributed by atoms with Crippen molar-refractivity contribution in [2.45, 2.75) is 6.92 Å². The molecule has 0 saturated carbocycles. The predicted octanol–water partition coefficient (Wildman–Crippen LogP) is 2.22. The number of rotatable bonds is 7. The minimum atomic E-state index is -0.717. The third kappa shape index (κ3) is 4.80.